The molecule has 0 atom stereocenters. The number of aromatic nitrogens is 2. The van der Waals surface area contributed by atoms with E-state index in [1.165, 1.54) is 18.0 Å². The van der Waals surface area contributed by atoms with Crippen molar-refractivity contribution in [2.24, 2.45) is 0 Å². The molecule has 2 rings (SSSR count). The van der Waals surface area contributed by atoms with Gasteiger partial charge in [0.2, 0.25) is 5.95 Å². The molecule has 1 amide bonds. The zero-order valence-corrected chi connectivity index (χ0v) is 13.8. The lowest BCUT2D eigenvalue weighted by molar-refractivity contribution is 0.0950. The highest BCUT2D eigenvalue weighted by atomic mass is 16.1. The molecule has 0 fully saturated rings. The maximum absolute atomic E-state index is 11.9. The number of nitrogens with zero attached hydrogens (tertiary/aromatic N) is 3. The molecule has 122 valence electrons. The van der Waals surface area contributed by atoms with E-state index in [0.717, 1.165) is 12.1 Å². The first kappa shape index (κ1) is 16.9. The molecule has 1 aromatic carbocycles. The minimum atomic E-state index is -0.156. The van der Waals surface area contributed by atoms with Gasteiger partial charge >= 0.3 is 0 Å². The second-order valence-electron chi connectivity index (χ2n) is 5.69. The Bertz CT molecular complexity index is 622. The van der Waals surface area contributed by atoms with Crippen molar-refractivity contribution >= 4 is 11.9 Å². The van der Waals surface area contributed by atoms with Gasteiger partial charge in [-0.05, 0) is 26.6 Å². The van der Waals surface area contributed by atoms with E-state index < -0.39 is 0 Å². The summed E-state index contributed by atoms with van der Waals surface area (Å²) in [7, 11) is 3.92. The molecule has 0 aliphatic carbocycles. The molecule has 1 aromatic heterocycles. The lowest BCUT2D eigenvalue weighted by atomic mass is 10.1. The van der Waals surface area contributed by atoms with Crippen LogP contribution in [-0.2, 0) is 6.54 Å². The standard InChI is InChI=1S/C17H23N5O/c1-13-4-6-14(7-5-13)10-19-17-20-11-15(12-21-17)16(23)18-8-9-22(2)3/h4-7,11-12H,8-10H2,1-3H3,(H,18,23)(H,19,20,21). The van der Waals surface area contributed by atoms with E-state index >= 15 is 0 Å². The highest BCUT2D eigenvalue weighted by Gasteiger charge is 2.06. The molecular formula is C17H23N5O. The van der Waals surface area contributed by atoms with Crippen LogP contribution in [0.4, 0.5) is 5.95 Å². The van der Waals surface area contributed by atoms with Crippen molar-refractivity contribution in [3.05, 3.63) is 53.3 Å². The maximum atomic E-state index is 11.9. The Morgan fingerprint density at radius 2 is 1.78 bits per heavy atom. The fourth-order valence-electron chi connectivity index (χ4n) is 1.92. The van der Waals surface area contributed by atoms with E-state index in [-0.39, 0.29) is 5.91 Å². The maximum Gasteiger partial charge on any atom is 0.254 e. The summed E-state index contributed by atoms with van der Waals surface area (Å²) in [6.07, 6.45) is 3.07. The third kappa shape index (κ3) is 5.67. The van der Waals surface area contributed by atoms with Crippen molar-refractivity contribution in [1.82, 2.24) is 20.2 Å². The number of benzene rings is 1. The predicted molar refractivity (Wildman–Crippen MR) is 91.4 cm³/mol. The van der Waals surface area contributed by atoms with Crippen LogP contribution in [0.3, 0.4) is 0 Å². The van der Waals surface area contributed by atoms with Crippen LogP contribution in [-0.4, -0.2) is 48.0 Å². The number of hydrogen-bond donors (Lipinski definition) is 2. The molecule has 1 heterocycles. The van der Waals surface area contributed by atoms with Gasteiger partial charge in [0.05, 0.1) is 5.56 Å². The molecular weight excluding hydrogens is 290 g/mol. The fraction of sp³-hybridized carbons (Fsp3) is 0.353. The van der Waals surface area contributed by atoms with E-state index in [1.807, 2.05) is 19.0 Å². The summed E-state index contributed by atoms with van der Waals surface area (Å²) in [6.45, 7) is 4.10. The van der Waals surface area contributed by atoms with Crippen molar-refractivity contribution < 1.29 is 4.79 Å². The normalized spacial score (nSPS) is 10.6. The number of rotatable bonds is 7. The molecule has 2 N–H and O–H groups in total. The van der Waals surface area contributed by atoms with Crippen molar-refractivity contribution in [1.29, 1.82) is 0 Å². The van der Waals surface area contributed by atoms with Crippen LogP contribution in [0.15, 0.2) is 36.7 Å². The molecule has 0 bridgehead atoms. The minimum Gasteiger partial charge on any atom is -0.351 e. The number of hydrogen-bond acceptors (Lipinski definition) is 5. The summed E-state index contributed by atoms with van der Waals surface area (Å²) in [5.41, 5.74) is 2.85. The van der Waals surface area contributed by atoms with Gasteiger partial charge in [0.1, 0.15) is 0 Å². The van der Waals surface area contributed by atoms with Crippen molar-refractivity contribution in [2.75, 3.05) is 32.5 Å². The van der Waals surface area contributed by atoms with Crippen LogP contribution in [0.25, 0.3) is 0 Å². The summed E-state index contributed by atoms with van der Waals surface area (Å²) < 4.78 is 0. The first-order valence-corrected chi connectivity index (χ1v) is 7.59. The van der Waals surface area contributed by atoms with Crippen molar-refractivity contribution in [3.8, 4) is 0 Å². The monoisotopic (exact) mass is 313 g/mol. The van der Waals surface area contributed by atoms with Gasteiger partial charge in [-0.3, -0.25) is 4.79 Å². The Hall–Kier alpha value is -2.47. The Kier molecular flexibility index (Phi) is 6.05. The number of amides is 1. The molecule has 0 radical (unpaired) electrons. The van der Waals surface area contributed by atoms with Gasteiger partial charge in [0.25, 0.3) is 5.91 Å². The van der Waals surface area contributed by atoms with E-state index in [9.17, 15) is 4.79 Å². The van der Waals surface area contributed by atoms with E-state index in [1.54, 1.807) is 0 Å². The number of anilines is 1. The van der Waals surface area contributed by atoms with Gasteiger partial charge < -0.3 is 15.5 Å². The van der Waals surface area contributed by atoms with Crippen LogP contribution in [0.2, 0.25) is 0 Å². The van der Waals surface area contributed by atoms with Gasteiger partial charge in [-0.1, -0.05) is 29.8 Å². The minimum absolute atomic E-state index is 0.156. The number of likely N-dealkylation sites (N-methyl/N-ethyl adjacent to an activating group) is 1. The SMILES string of the molecule is Cc1ccc(CNc2ncc(C(=O)NCCN(C)C)cn2)cc1. The summed E-state index contributed by atoms with van der Waals surface area (Å²) in [6, 6.07) is 8.27. The topological polar surface area (TPSA) is 70.2 Å². The second kappa shape index (κ2) is 8.24. The van der Waals surface area contributed by atoms with E-state index in [0.29, 0.717) is 24.6 Å². The molecule has 0 unspecified atom stereocenters. The van der Waals surface area contributed by atoms with Crippen molar-refractivity contribution in [3.63, 3.8) is 0 Å². The van der Waals surface area contributed by atoms with E-state index in [4.69, 9.17) is 0 Å². The molecule has 0 saturated carbocycles. The average Bonchev–Trinajstić information content (AvgIpc) is 2.54. The van der Waals surface area contributed by atoms with Gasteiger partial charge in [-0.15, -0.1) is 0 Å². The smallest absolute Gasteiger partial charge is 0.254 e. The highest BCUT2D eigenvalue weighted by molar-refractivity contribution is 5.93. The lowest BCUT2D eigenvalue weighted by Crippen LogP contribution is -2.31. The number of carbonyl (C=O) groups is 1. The molecule has 6 heteroatoms. The number of carbonyl (C=O) groups excluding carboxylic acids is 1. The van der Waals surface area contributed by atoms with Gasteiger partial charge in [0, 0.05) is 32.0 Å². The summed E-state index contributed by atoms with van der Waals surface area (Å²) in [5.74, 6) is 0.354. The van der Waals surface area contributed by atoms with Gasteiger partial charge in [-0.25, -0.2) is 9.97 Å². The van der Waals surface area contributed by atoms with Crippen molar-refractivity contribution in [2.45, 2.75) is 13.5 Å². The second-order valence-corrected chi connectivity index (χ2v) is 5.69. The lowest BCUT2D eigenvalue weighted by Gasteiger charge is -2.10. The Morgan fingerprint density at radius 3 is 2.39 bits per heavy atom. The Morgan fingerprint density at radius 1 is 1.13 bits per heavy atom. The van der Waals surface area contributed by atoms with E-state index in [2.05, 4.69) is 51.8 Å². The van der Waals surface area contributed by atoms with Crippen LogP contribution < -0.4 is 10.6 Å². The van der Waals surface area contributed by atoms with Crippen LogP contribution in [0.5, 0.6) is 0 Å². The zero-order chi connectivity index (χ0) is 16.7. The third-order valence-electron chi connectivity index (χ3n) is 3.33. The first-order chi connectivity index (χ1) is 11.0. The first-order valence-electron chi connectivity index (χ1n) is 7.59. The predicted octanol–water partition coefficient (Wildman–Crippen LogP) is 1.69. The Labute approximate surface area is 137 Å². The molecule has 0 saturated heterocycles. The molecule has 0 spiro atoms. The quantitative estimate of drug-likeness (QED) is 0.814. The van der Waals surface area contributed by atoms with Crippen LogP contribution in [0, 0.1) is 6.92 Å². The van der Waals surface area contributed by atoms with Gasteiger partial charge in [-0.2, -0.15) is 0 Å². The zero-order valence-electron chi connectivity index (χ0n) is 13.8. The molecule has 6 nitrogen and oxygen atoms in total. The highest BCUT2D eigenvalue weighted by Crippen LogP contribution is 2.06. The summed E-state index contributed by atoms with van der Waals surface area (Å²) >= 11 is 0. The third-order valence-corrected chi connectivity index (χ3v) is 3.33. The number of nitrogens with one attached hydrogen (secondary N) is 2. The number of aryl methyl sites for hydroxylation is 1. The average molecular weight is 313 g/mol. The van der Waals surface area contributed by atoms with Crippen LogP contribution in [0.1, 0.15) is 21.5 Å². The largest absolute Gasteiger partial charge is 0.351 e. The molecule has 0 aliphatic heterocycles. The van der Waals surface area contributed by atoms with Crippen LogP contribution >= 0.6 is 0 Å². The molecule has 0 aliphatic rings. The fourth-order valence-corrected chi connectivity index (χ4v) is 1.92. The molecule has 2 aromatic rings. The van der Waals surface area contributed by atoms with Gasteiger partial charge in [0.15, 0.2) is 0 Å². The molecule has 23 heavy (non-hydrogen) atoms. The summed E-state index contributed by atoms with van der Waals surface area (Å²) in [5, 5.41) is 5.98. The Balaban J connectivity index is 1.84. The summed E-state index contributed by atoms with van der Waals surface area (Å²) in [4.78, 5) is 22.3.